The third-order valence-corrected chi connectivity index (χ3v) is 10.3. The van der Waals surface area contributed by atoms with Gasteiger partial charge in [0.1, 0.15) is 17.2 Å². The highest BCUT2D eigenvalue weighted by Gasteiger charge is 2.36. The monoisotopic (exact) mass is 632 g/mol. The van der Waals surface area contributed by atoms with Crippen molar-refractivity contribution in [3.8, 4) is 0 Å². The minimum absolute atomic E-state index is 0.0256. The average molecular weight is 633 g/mol. The van der Waals surface area contributed by atoms with Gasteiger partial charge in [-0.2, -0.15) is 5.10 Å². The topological polar surface area (TPSA) is 120 Å². The van der Waals surface area contributed by atoms with Crippen molar-refractivity contribution in [3.05, 3.63) is 65.1 Å². The van der Waals surface area contributed by atoms with Crippen molar-refractivity contribution in [1.29, 1.82) is 0 Å². The van der Waals surface area contributed by atoms with E-state index in [0.29, 0.717) is 47.9 Å². The van der Waals surface area contributed by atoms with Crippen LogP contribution in [0.2, 0.25) is 0 Å². The van der Waals surface area contributed by atoms with Crippen LogP contribution in [0.15, 0.2) is 47.8 Å². The number of aliphatic hydroxyl groups excluding tert-OH is 1. The number of anilines is 1. The molecule has 2 aromatic heterocycles. The molecule has 0 bridgehead atoms. The lowest BCUT2D eigenvalue weighted by molar-refractivity contribution is -0.0139. The van der Waals surface area contributed by atoms with E-state index in [0.717, 1.165) is 44.5 Å². The Labute approximate surface area is 269 Å². The highest BCUT2D eigenvalue weighted by Crippen LogP contribution is 2.27. The minimum Gasteiger partial charge on any atom is -0.390 e. The van der Waals surface area contributed by atoms with Gasteiger partial charge < -0.3 is 20.2 Å². The summed E-state index contributed by atoms with van der Waals surface area (Å²) in [6.45, 7) is 8.14. The highest BCUT2D eigenvalue weighted by atomic mass is 32.2. The van der Waals surface area contributed by atoms with Crippen molar-refractivity contribution < 1.29 is 14.7 Å². The molecule has 0 spiro atoms. The molecule has 2 fully saturated rings. The van der Waals surface area contributed by atoms with Gasteiger partial charge in [0.2, 0.25) is 0 Å². The molecular weight excluding hydrogens is 588 g/mol. The zero-order chi connectivity index (χ0) is 31.5. The number of benzene rings is 1. The van der Waals surface area contributed by atoms with E-state index in [-0.39, 0.29) is 30.4 Å². The molecule has 2 N–H and O–H groups in total. The van der Waals surface area contributed by atoms with E-state index in [2.05, 4.69) is 58.4 Å². The van der Waals surface area contributed by atoms with Gasteiger partial charge in [0, 0.05) is 76.4 Å². The summed E-state index contributed by atoms with van der Waals surface area (Å²) in [6.07, 6.45) is 4.38. The molecule has 0 radical (unpaired) electrons. The Morgan fingerprint density at radius 1 is 0.978 bits per heavy atom. The normalized spacial score (nSPS) is 21.2. The Kier molecular flexibility index (Phi) is 9.72. The molecule has 11 nitrogen and oxygen atoms in total. The molecule has 45 heavy (non-hydrogen) atoms. The lowest BCUT2D eigenvalue weighted by Gasteiger charge is -2.43. The van der Waals surface area contributed by atoms with Crippen molar-refractivity contribution in [3.63, 3.8) is 0 Å². The molecule has 2 amide bonds. The summed E-state index contributed by atoms with van der Waals surface area (Å²) in [5.41, 5.74) is 3.52. The summed E-state index contributed by atoms with van der Waals surface area (Å²) in [6, 6.07) is 12.2. The first-order valence-electron chi connectivity index (χ1n) is 16.1. The zero-order valence-corrected chi connectivity index (χ0v) is 27.2. The quantitative estimate of drug-likeness (QED) is 0.285. The number of rotatable bonds is 8. The van der Waals surface area contributed by atoms with Crippen molar-refractivity contribution in [2.75, 3.05) is 43.8 Å². The fourth-order valence-corrected chi connectivity index (χ4v) is 7.34. The van der Waals surface area contributed by atoms with Crippen LogP contribution in [0.3, 0.4) is 0 Å². The van der Waals surface area contributed by atoms with Gasteiger partial charge in [-0.15, -0.1) is 0 Å². The maximum absolute atomic E-state index is 13.8. The molecule has 2 saturated heterocycles. The number of nitrogens with one attached hydrogen (secondary N) is 1. The van der Waals surface area contributed by atoms with E-state index >= 15 is 0 Å². The van der Waals surface area contributed by atoms with Crippen LogP contribution in [0.25, 0.3) is 0 Å². The van der Waals surface area contributed by atoms with Gasteiger partial charge in [-0.05, 0) is 48.8 Å². The molecule has 0 aliphatic carbocycles. The largest absolute Gasteiger partial charge is 0.390 e. The van der Waals surface area contributed by atoms with E-state index in [9.17, 15) is 14.7 Å². The first kappa shape index (κ1) is 31.5. The van der Waals surface area contributed by atoms with Gasteiger partial charge in [0.25, 0.3) is 11.8 Å². The molecule has 0 unspecified atom stereocenters. The van der Waals surface area contributed by atoms with Crippen LogP contribution in [0.5, 0.6) is 0 Å². The Balaban J connectivity index is 1.10. The van der Waals surface area contributed by atoms with Crippen LogP contribution in [0.4, 0.5) is 5.82 Å². The Bertz CT molecular complexity index is 1500. The van der Waals surface area contributed by atoms with Gasteiger partial charge >= 0.3 is 0 Å². The first-order chi connectivity index (χ1) is 21.7. The zero-order valence-electron chi connectivity index (χ0n) is 26.4. The molecule has 5 heterocycles. The van der Waals surface area contributed by atoms with Crippen molar-refractivity contribution in [1.82, 2.24) is 34.4 Å². The number of hydrogen-bond donors (Lipinski definition) is 2. The second kappa shape index (κ2) is 13.9. The van der Waals surface area contributed by atoms with E-state index in [1.54, 1.807) is 46.7 Å². The Morgan fingerprint density at radius 2 is 1.71 bits per heavy atom. The Morgan fingerprint density at radius 3 is 2.42 bits per heavy atom. The lowest BCUT2D eigenvalue weighted by atomic mass is 9.94. The standard InChI is InChI=1S/C33H44N8O3S/c1-22(2)21-45-33-35-27(18-30(36-33)34-25-9-15-39(16-10-25)31(43)26-11-13-38(3)37-26)32(44)41-17-12-28(29(42)20-41)40-14-8-23-6-4-5-7-24(23)19-40/h4-7,11,13,18,22,25,28-29,42H,8-10,12,14-17,19-21H2,1-3H3,(H,34,35,36)/t28-,29-/m1/s1. The number of aryl methyl sites for hydroxylation is 1. The number of β-amino-alcohol motifs (C(OH)–C–C–N with tert-alkyl or cyclic N) is 1. The van der Waals surface area contributed by atoms with E-state index < -0.39 is 6.10 Å². The molecule has 1 aromatic carbocycles. The summed E-state index contributed by atoms with van der Waals surface area (Å²) in [4.78, 5) is 42.0. The number of aromatic nitrogens is 4. The number of fused-ring (bicyclic) bond motifs is 1. The van der Waals surface area contributed by atoms with Gasteiger partial charge in [0.15, 0.2) is 5.16 Å². The number of piperidine rings is 2. The van der Waals surface area contributed by atoms with Crippen molar-refractivity contribution in [2.24, 2.45) is 13.0 Å². The number of amides is 2. The average Bonchev–Trinajstić information content (AvgIpc) is 3.49. The predicted molar refractivity (Wildman–Crippen MR) is 174 cm³/mol. The van der Waals surface area contributed by atoms with Gasteiger partial charge in [-0.1, -0.05) is 49.9 Å². The van der Waals surface area contributed by atoms with Gasteiger partial charge in [0.05, 0.1) is 6.10 Å². The molecule has 3 aromatic rings. The number of carbonyl (C=O) groups excluding carboxylic acids is 2. The summed E-state index contributed by atoms with van der Waals surface area (Å²) in [5, 5.41) is 19.6. The number of thioether (sulfide) groups is 1. The van der Waals surface area contributed by atoms with Crippen LogP contribution in [-0.4, -0.2) is 108 Å². The summed E-state index contributed by atoms with van der Waals surface area (Å²) in [7, 11) is 1.81. The molecule has 3 aliphatic rings. The van der Waals surface area contributed by atoms with Crippen LogP contribution < -0.4 is 5.32 Å². The van der Waals surface area contributed by atoms with E-state index in [1.165, 1.54) is 11.1 Å². The second-order valence-corrected chi connectivity index (χ2v) is 13.9. The SMILES string of the molecule is CC(C)CSc1nc(NC2CCN(C(=O)c3ccn(C)n3)CC2)cc(C(=O)N2CC[C@@H](N3CCc4ccccc4C3)[C@H](O)C2)n1. The van der Waals surface area contributed by atoms with Crippen LogP contribution in [0, 0.1) is 5.92 Å². The summed E-state index contributed by atoms with van der Waals surface area (Å²) < 4.78 is 1.64. The molecule has 2 atom stereocenters. The van der Waals surface area contributed by atoms with Gasteiger partial charge in [-0.25, -0.2) is 9.97 Å². The number of likely N-dealkylation sites (tertiary alicyclic amines) is 2. The van der Waals surface area contributed by atoms with E-state index in [1.807, 2.05) is 4.90 Å². The molecular formula is C33H44N8O3S. The molecule has 240 valence electrons. The fourth-order valence-electron chi connectivity index (χ4n) is 6.53. The predicted octanol–water partition coefficient (Wildman–Crippen LogP) is 3.31. The maximum Gasteiger partial charge on any atom is 0.274 e. The molecule has 6 rings (SSSR count). The third-order valence-electron chi connectivity index (χ3n) is 9.00. The van der Waals surface area contributed by atoms with Gasteiger partial charge in [-0.3, -0.25) is 19.2 Å². The summed E-state index contributed by atoms with van der Waals surface area (Å²) >= 11 is 1.55. The number of nitrogens with zero attached hydrogens (tertiary/aromatic N) is 7. The van der Waals surface area contributed by atoms with Crippen LogP contribution in [-0.2, 0) is 20.0 Å². The number of hydrogen-bond acceptors (Lipinski definition) is 9. The highest BCUT2D eigenvalue weighted by molar-refractivity contribution is 7.99. The number of aliphatic hydroxyl groups is 1. The first-order valence-corrected chi connectivity index (χ1v) is 17.1. The maximum atomic E-state index is 13.8. The molecule has 0 saturated carbocycles. The van der Waals surface area contributed by atoms with Crippen molar-refractivity contribution in [2.45, 2.75) is 69.4 Å². The number of carbonyl (C=O) groups is 2. The minimum atomic E-state index is -0.624. The molecule has 3 aliphatic heterocycles. The lowest BCUT2D eigenvalue weighted by Crippen LogP contribution is -2.56. The summed E-state index contributed by atoms with van der Waals surface area (Å²) in [5.74, 6) is 1.69. The third kappa shape index (κ3) is 7.50. The van der Waals surface area contributed by atoms with Crippen LogP contribution in [0.1, 0.15) is 65.2 Å². The second-order valence-electron chi connectivity index (χ2n) is 12.9. The van der Waals surface area contributed by atoms with Crippen LogP contribution >= 0.6 is 11.8 Å². The Hall–Kier alpha value is -3.48. The van der Waals surface area contributed by atoms with E-state index in [4.69, 9.17) is 4.98 Å². The van der Waals surface area contributed by atoms with Crippen molar-refractivity contribution >= 4 is 29.4 Å². The fraction of sp³-hybridized carbons (Fsp3) is 0.545. The molecule has 12 heteroatoms. The smallest absolute Gasteiger partial charge is 0.274 e.